The number of nitrogens with zero attached hydrogens (tertiary/aromatic N) is 5. The van der Waals surface area contributed by atoms with Crippen LogP contribution in [0.25, 0.3) is 61.0 Å². The van der Waals surface area contributed by atoms with Gasteiger partial charge in [-0.1, -0.05) is 194 Å². The first-order valence-electron chi connectivity index (χ1n) is 27.7. The number of hydrogen-bond donors (Lipinski definition) is 0. The number of hydrogen-bond acceptors (Lipinski definition) is 2. The molecule has 13 aromatic rings. The first-order valence-corrected chi connectivity index (χ1v) is 31.7. The topological polar surface area (TPSA) is 25.2 Å². The van der Waals surface area contributed by atoms with Gasteiger partial charge in [0.25, 0.3) is 5.69 Å². The molecular weight excluding hydrogens is 995 g/mol. The molecule has 0 N–H and O–H groups in total. The van der Waals surface area contributed by atoms with E-state index < -0.39 is 21.6 Å². The van der Waals surface area contributed by atoms with Gasteiger partial charge >= 0.3 is 23.0 Å². The fourth-order valence-corrected chi connectivity index (χ4v) is 29.4. The Balaban J connectivity index is 1.01. The lowest BCUT2D eigenvalue weighted by molar-refractivity contribution is -1.03. The molecule has 11 heterocycles. The first-order chi connectivity index (χ1) is 39.2. The smallest absolute Gasteiger partial charge is 0.350 e. The molecule has 9 aliphatic rings. The maximum atomic E-state index is 7.75. The number of rotatable bonds is 0. The predicted octanol–water partition coefficient (Wildman–Crippen LogP) is 9.15. The zero-order chi connectivity index (χ0) is 50.6. The van der Waals surface area contributed by atoms with Gasteiger partial charge in [0.15, 0.2) is 22.3 Å². The zero-order valence-corrected chi connectivity index (χ0v) is 44.2. The molecule has 1 atom stereocenters. The van der Waals surface area contributed by atoms with Crippen molar-refractivity contribution in [3.63, 3.8) is 0 Å². The van der Waals surface area contributed by atoms with E-state index >= 15 is 0 Å². The van der Waals surface area contributed by atoms with E-state index in [2.05, 4.69) is 262 Å². The molecule has 360 valence electrons. The van der Waals surface area contributed by atoms with E-state index in [1.807, 2.05) is 0 Å². The molecule has 0 saturated carbocycles. The second-order valence-electron chi connectivity index (χ2n) is 23.1. The number of anilines is 3. The Kier molecular flexibility index (Phi) is 6.27. The molecule has 0 saturated heterocycles. The monoisotopic (exact) mass is 1030 g/mol. The molecule has 0 radical (unpaired) electrons. The Morgan fingerprint density at radius 2 is 0.899 bits per heavy atom. The van der Waals surface area contributed by atoms with Gasteiger partial charge in [0.2, 0.25) is 17.1 Å². The van der Waals surface area contributed by atoms with E-state index in [4.69, 9.17) is 4.74 Å². The van der Waals surface area contributed by atoms with Crippen molar-refractivity contribution in [2.24, 2.45) is 0 Å². The second kappa shape index (κ2) is 12.5. The van der Waals surface area contributed by atoms with Crippen LogP contribution in [0.2, 0.25) is 0 Å². The number of ether oxygens (including phenoxy) is 1. The van der Waals surface area contributed by atoms with Crippen LogP contribution < -0.4 is 65.2 Å². The highest BCUT2D eigenvalue weighted by Crippen LogP contribution is 2.68. The molecule has 10 aromatic carbocycles. The summed E-state index contributed by atoms with van der Waals surface area (Å²) >= 11 is 0. The minimum atomic E-state index is -3.21. The maximum Gasteiger partial charge on any atom is 0.350 e. The van der Waals surface area contributed by atoms with E-state index in [9.17, 15) is 0 Å². The molecule has 1 unspecified atom stereocenters. The van der Waals surface area contributed by atoms with Crippen LogP contribution in [0.1, 0.15) is 22.3 Å². The summed E-state index contributed by atoms with van der Waals surface area (Å²) in [6, 6.07) is 92.6. The highest BCUT2D eigenvalue weighted by atomic mass is 28.3. The van der Waals surface area contributed by atoms with E-state index in [0.717, 1.165) is 17.3 Å². The fraction of sp³-hybridized carbons (Fsp3) is 0.0141. The minimum Gasteiger partial charge on any atom is -0.412 e. The molecule has 8 aliphatic heterocycles. The summed E-state index contributed by atoms with van der Waals surface area (Å²) in [5.74, 6) is 2.88. The SMILES string of the molecule is c1ccc2c(c1)-c1ccccc1C21c2cccc3c2N2c4c1cccc4[Si]1(c4ccccc4-c4ccccc41)c1ccc4[n+](c12)[N+]31c2c(ccc3c2-n2c5c(cccc5c5ccc[n+]1c52)[Si]31c2ccccc2-c2ccccc21)O4. The summed E-state index contributed by atoms with van der Waals surface area (Å²) in [6.45, 7) is 0. The van der Waals surface area contributed by atoms with Crippen LogP contribution in [0.4, 0.5) is 28.6 Å². The van der Waals surface area contributed by atoms with Gasteiger partial charge in [0, 0.05) is 54.1 Å². The Bertz CT molecular complexity index is 5100. The van der Waals surface area contributed by atoms with Gasteiger partial charge in [-0.15, -0.1) is 0 Å². The summed E-state index contributed by atoms with van der Waals surface area (Å²) in [7, 11) is -6.26. The molecule has 0 fully saturated rings. The molecule has 8 heteroatoms. The van der Waals surface area contributed by atoms with E-state index in [0.29, 0.717) is 0 Å². The van der Waals surface area contributed by atoms with Gasteiger partial charge in [-0.3, -0.25) is 0 Å². The maximum absolute atomic E-state index is 7.75. The van der Waals surface area contributed by atoms with E-state index in [-0.39, 0.29) is 4.70 Å². The molecular formula is C71H40N5OSi2+3. The summed E-state index contributed by atoms with van der Waals surface area (Å²) in [6.07, 6.45) is 2.39. The van der Waals surface area contributed by atoms with Crippen LogP contribution >= 0.6 is 0 Å². The standard InChI is InChI=1S/C71H40N5OSi2/c1-7-25-49-41(17-1)42-18-2-8-26-50(42)71(49)51-27-14-29-53-65(51)74-66-52(71)28-15-35-60(66)79(57-32-11-5-21-45(57)46-22-6-12-33-58(46)79)62-38-39-63-75(70(62)74)76(53)68-54(77-63)36-37-61-67(68)73-64-47(48-24-16-40-72(76)69(48)73)23-13-34-59(64)78(61)55-30-9-3-19-43(55)44-20-4-10-31-56(44)78/h1-40H/q+3. The summed E-state index contributed by atoms with van der Waals surface area (Å²) in [5, 5.41) is 14.0. The Morgan fingerprint density at radius 1 is 0.392 bits per heavy atom. The van der Waals surface area contributed by atoms with Crippen LogP contribution in [-0.4, -0.2) is 20.7 Å². The van der Waals surface area contributed by atoms with Crippen molar-refractivity contribution in [3.8, 4) is 50.7 Å². The van der Waals surface area contributed by atoms with Crippen molar-refractivity contribution in [2.75, 3.05) is 4.90 Å². The van der Waals surface area contributed by atoms with Crippen molar-refractivity contribution in [1.82, 2.24) is 9.27 Å². The third-order valence-electron chi connectivity index (χ3n) is 20.5. The lowest BCUT2D eigenvalue weighted by Gasteiger charge is -2.50. The second-order valence-corrected chi connectivity index (χ2v) is 30.4. The van der Waals surface area contributed by atoms with Gasteiger partial charge in [-0.2, -0.15) is 9.47 Å². The zero-order valence-electron chi connectivity index (χ0n) is 42.2. The Morgan fingerprint density at radius 3 is 1.57 bits per heavy atom. The average molecular weight is 1040 g/mol. The molecule has 3 aromatic heterocycles. The van der Waals surface area contributed by atoms with Gasteiger partial charge in [0.05, 0.1) is 15.5 Å². The van der Waals surface area contributed by atoms with Crippen LogP contribution in [0.3, 0.4) is 0 Å². The molecule has 6 nitrogen and oxygen atoms in total. The normalized spacial score (nSPS) is 18.3. The number of aromatic nitrogens is 3. The van der Waals surface area contributed by atoms with Crippen LogP contribution in [0.15, 0.2) is 243 Å². The van der Waals surface area contributed by atoms with Crippen molar-refractivity contribution in [2.45, 2.75) is 5.41 Å². The minimum absolute atomic E-state index is 0.248. The van der Waals surface area contributed by atoms with Crippen molar-refractivity contribution < 1.29 is 14.1 Å². The third-order valence-corrected chi connectivity index (χ3v) is 30.4. The quantitative estimate of drug-likeness (QED) is 0.0861. The average Bonchev–Trinajstić information content (AvgIpc) is 3.03. The number of fused-ring (bicyclic) bond motifs is 22. The van der Waals surface area contributed by atoms with Crippen molar-refractivity contribution in [3.05, 3.63) is 265 Å². The molecule has 4 spiro atoms. The van der Waals surface area contributed by atoms with Crippen molar-refractivity contribution in [1.29, 1.82) is 0 Å². The molecule has 0 amide bonds. The fourth-order valence-electron chi connectivity index (χ4n) is 18.3. The Labute approximate surface area is 455 Å². The van der Waals surface area contributed by atoms with E-state index in [1.54, 1.807) is 0 Å². The largest absolute Gasteiger partial charge is 0.412 e. The number of quaternary nitrogens is 1. The number of benzene rings is 10. The third kappa shape index (κ3) is 3.66. The van der Waals surface area contributed by atoms with Gasteiger partial charge in [-0.05, 0) is 100 Å². The summed E-state index contributed by atoms with van der Waals surface area (Å²) in [4.78, 5) is 2.75. The van der Waals surface area contributed by atoms with Crippen molar-refractivity contribution >= 4 is 108 Å². The first kappa shape index (κ1) is 39.6. The molecule has 0 bridgehead atoms. The van der Waals surface area contributed by atoms with E-state index in [1.165, 1.54) is 148 Å². The lowest BCUT2D eigenvalue weighted by Crippen LogP contribution is -2.90. The van der Waals surface area contributed by atoms with Gasteiger partial charge < -0.3 is 4.74 Å². The van der Waals surface area contributed by atoms with Crippen LogP contribution in [-0.2, 0) is 5.41 Å². The van der Waals surface area contributed by atoms with Crippen LogP contribution in [0.5, 0.6) is 11.6 Å². The number of pyridine rings is 2. The highest BCUT2D eigenvalue weighted by molar-refractivity contribution is 7.24. The predicted molar refractivity (Wildman–Crippen MR) is 318 cm³/mol. The molecule has 1 aliphatic carbocycles. The highest BCUT2D eigenvalue weighted by Gasteiger charge is 2.75. The molecule has 79 heavy (non-hydrogen) atoms. The Hall–Kier alpha value is -9.71. The van der Waals surface area contributed by atoms with Crippen LogP contribution in [0, 0.1) is 0 Å². The van der Waals surface area contributed by atoms with Gasteiger partial charge in [-0.25, -0.2) is 0 Å². The van der Waals surface area contributed by atoms with Gasteiger partial charge in [0.1, 0.15) is 11.2 Å². The summed E-state index contributed by atoms with van der Waals surface area (Å²) < 4.78 is 16.0. The summed E-state index contributed by atoms with van der Waals surface area (Å²) in [5.41, 5.74) is 21.3. The molecule has 22 rings (SSSR count). The number of para-hydroxylation sites is 3. The lowest BCUT2D eigenvalue weighted by atomic mass is 9.64.